The van der Waals surface area contributed by atoms with Crippen LogP contribution in [0.15, 0.2) is 24.3 Å². The van der Waals surface area contributed by atoms with Crippen molar-refractivity contribution in [2.45, 2.75) is 58.7 Å². The Morgan fingerprint density at radius 3 is 2.46 bits per heavy atom. The SMILES string of the molecule is CC(=O)N1CCN(c2nc3c(c(N4CCCC4Cc4ccc(F)cc4)n2)CN(C(C)C)C3=O)CC1. The first-order valence-electron chi connectivity index (χ1n) is 12.5. The van der Waals surface area contributed by atoms with Crippen LogP contribution >= 0.6 is 0 Å². The Morgan fingerprint density at radius 2 is 1.80 bits per heavy atom. The molecule has 3 aliphatic heterocycles. The lowest BCUT2D eigenvalue weighted by Crippen LogP contribution is -2.48. The summed E-state index contributed by atoms with van der Waals surface area (Å²) in [5, 5.41) is 0. The minimum absolute atomic E-state index is 0.0449. The Balaban J connectivity index is 1.48. The van der Waals surface area contributed by atoms with Gasteiger partial charge in [-0.25, -0.2) is 9.37 Å². The van der Waals surface area contributed by atoms with Gasteiger partial charge in [0.05, 0.1) is 6.54 Å². The highest BCUT2D eigenvalue weighted by Gasteiger charge is 2.38. The molecule has 0 spiro atoms. The number of hydrogen-bond donors (Lipinski definition) is 0. The lowest BCUT2D eigenvalue weighted by Gasteiger charge is -2.35. The molecule has 0 saturated carbocycles. The summed E-state index contributed by atoms with van der Waals surface area (Å²) in [6, 6.07) is 7.01. The second-order valence-electron chi connectivity index (χ2n) is 10.0. The highest BCUT2D eigenvalue weighted by Crippen LogP contribution is 2.36. The third-order valence-corrected chi connectivity index (χ3v) is 7.43. The van der Waals surface area contributed by atoms with E-state index in [1.165, 1.54) is 12.1 Å². The Hall–Kier alpha value is -3.23. The van der Waals surface area contributed by atoms with Crippen LogP contribution in [0.4, 0.5) is 16.2 Å². The summed E-state index contributed by atoms with van der Waals surface area (Å²) >= 11 is 0. The maximum absolute atomic E-state index is 13.4. The summed E-state index contributed by atoms with van der Waals surface area (Å²) in [7, 11) is 0. The van der Waals surface area contributed by atoms with E-state index < -0.39 is 0 Å². The molecule has 35 heavy (non-hydrogen) atoms. The summed E-state index contributed by atoms with van der Waals surface area (Å²) < 4.78 is 13.4. The molecule has 1 unspecified atom stereocenters. The average Bonchev–Trinajstić information content (AvgIpc) is 3.44. The van der Waals surface area contributed by atoms with Crippen molar-refractivity contribution in [2.24, 2.45) is 0 Å². The molecule has 8 nitrogen and oxygen atoms in total. The molecule has 2 fully saturated rings. The quantitative estimate of drug-likeness (QED) is 0.655. The molecule has 2 saturated heterocycles. The van der Waals surface area contributed by atoms with E-state index in [1.54, 1.807) is 6.92 Å². The van der Waals surface area contributed by atoms with E-state index in [1.807, 2.05) is 35.8 Å². The van der Waals surface area contributed by atoms with Crippen molar-refractivity contribution in [3.8, 4) is 0 Å². The van der Waals surface area contributed by atoms with E-state index in [-0.39, 0.29) is 29.7 Å². The van der Waals surface area contributed by atoms with Gasteiger partial charge in [-0.05, 0) is 50.8 Å². The molecule has 0 N–H and O–H groups in total. The molecule has 1 atom stereocenters. The smallest absolute Gasteiger partial charge is 0.273 e. The Kier molecular flexibility index (Phi) is 6.34. The van der Waals surface area contributed by atoms with Crippen molar-refractivity contribution < 1.29 is 14.0 Å². The number of benzene rings is 1. The highest BCUT2D eigenvalue weighted by molar-refractivity contribution is 5.98. The Morgan fingerprint density at radius 1 is 1.09 bits per heavy atom. The van der Waals surface area contributed by atoms with Crippen molar-refractivity contribution >= 4 is 23.6 Å². The molecule has 2 amide bonds. The summed E-state index contributed by atoms with van der Waals surface area (Å²) in [6.45, 7) is 9.52. The number of rotatable bonds is 5. The van der Waals surface area contributed by atoms with E-state index in [2.05, 4.69) is 9.80 Å². The summed E-state index contributed by atoms with van der Waals surface area (Å²) in [5.41, 5.74) is 2.50. The number of fused-ring (bicyclic) bond motifs is 1. The fourth-order valence-electron chi connectivity index (χ4n) is 5.40. The zero-order valence-corrected chi connectivity index (χ0v) is 20.7. The fraction of sp³-hybridized carbons (Fsp3) is 0.538. The Bertz CT molecular complexity index is 1110. The van der Waals surface area contributed by atoms with Gasteiger partial charge in [0.2, 0.25) is 11.9 Å². The van der Waals surface area contributed by atoms with Gasteiger partial charge < -0.3 is 19.6 Å². The van der Waals surface area contributed by atoms with Crippen LogP contribution in [0.25, 0.3) is 0 Å². The molecule has 0 bridgehead atoms. The number of anilines is 2. The van der Waals surface area contributed by atoms with Crippen molar-refractivity contribution in [3.63, 3.8) is 0 Å². The van der Waals surface area contributed by atoms with Crippen LogP contribution in [0.5, 0.6) is 0 Å². The molecular formula is C26H33FN6O2. The first-order chi connectivity index (χ1) is 16.8. The first kappa shape index (κ1) is 23.5. The van der Waals surface area contributed by atoms with Crippen LogP contribution in [0, 0.1) is 5.82 Å². The molecule has 0 aliphatic carbocycles. The molecule has 0 radical (unpaired) electrons. The number of amides is 2. The van der Waals surface area contributed by atoms with E-state index in [9.17, 15) is 14.0 Å². The van der Waals surface area contributed by atoms with Gasteiger partial charge in [-0.15, -0.1) is 0 Å². The van der Waals surface area contributed by atoms with Crippen LogP contribution in [-0.4, -0.2) is 76.4 Å². The molecule has 186 valence electrons. The molecular weight excluding hydrogens is 447 g/mol. The predicted molar refractivity (Wildman–Crippen MR) is 132 cm³/mol. The predicted octanol–water partition coefficient (Wildman–Crippen LogP) is 2.86. The van der Waals surface area contributed by atoms with Gasteiger partial charge in [-0.3, -0.25) is 9.59 Å². The van der Waals surface area contributed by atoms with Crippen LogP contribution in [0.3, 0.4) is 0 Å². The average molecular weight is 481 g/mol. The van der Waals surface area contributed by atoms with Gasteiger partial charge in [0, 0.05) is 57.3 Å². The van der Waals surface area contributed by atoms with Gasteiger partial charge in [0.25, 0.3) is 5.91 Å². The summed E-state index contributed by atoms with van der Waals surface area (Å²) in [6.07, 6.45) is 2.86. The lowest BCUT2D eigenvalue weighted by atomic mass is 10.0. The van der Waals surface area contributed by atoms with Crippen LogP contribution in [-0.2, 0) is 17.8 Å². The number of nitrogens with zero attached hydrogens (tertiary/aromatic N) is 6. The van der Waals surface area contributed by atoms with Crippen LogP contribution in [0.1, 0.15) is 55.2 Å². The van der Waals surface area contributed by atoms with Crippen molar-refractivity contribution in [2.75, 3.05) is 42.5 Å². The molecule has 4 heterocycles. The normalized spacial score (nSPS) is 20.3. The summed E-state index contributed by atoms with van der Waals surface area (Å²) in [4.78, 5) is 43.0. The van der Waals surface area contributed by atoms with Gasteiger partial charge in [0.15, 0.2) is 0 Å². The fourth-order valence-corrected chi connectivity index (χ4v) is 5.40. The zero-order valence-electron chi connectivity index (χ0n) is 20.7. The number of hydrogen-bond acceptors (Lipinski definition) is 6. The van der Waals surface area contributed by atoms with Crippen LogP contribution in [0.2, 0.25) is 0 Å². The molecule has 9 heteroatoms. The van der Waals surface area contributed by atoms with Gasteiger partial charge in [-0.2, -0.15) is 4.98 Å². The molecule has 5 rings (SSSR count). The van der Waals surface area contributed by atoms with Gasteiger partial charge in [-0.1, -0.05) is 12.1 Å². The van der Waals surface area contributed by atoms with Crippen molar-refractivity contribution in [1.29, 1.82) is 0 Å². The second-order valence-corrected chi connectivity index (χ2v) is 10.0. The van der Waals surface area contributed by atoms with Crippen molar-refractivity contribution in [1.82, 2.24) is 19.8 Å². The van der Waals surface area contributed by atoms with E-state index in [0.717, 1.165) is 42.8 Å². The summed E-state index contributed by atoms with van der Waals surface area (Å²) in [5.74, 6) is 1.21. The minimum atomic E-state index is -0.229. The number of carbonyl (C=O) groups excluding carboxylic acids is 2. The Labute approximate surface area is 205 Å². The van der Waals surface area contributed by atoms with E-state index in [0.29, 0.717) is 44.4 Å². The van der Waals surface area contributed by atoms with Crippen molar-refractivity contribution in [3.05, 3.63) is 46.9 Å². The lowest BCUT2D eigenvalue weighted by molar-refractivity contribution is -0.129. The molecule has 1 aromatic carbocycles. The van der Waals surface area contributed by atoms with Crippen LogP contribution < -0.4 is 9.80 Å². The maximum atomic E-state index is 13.4. The molecule has 3 aliphatic rings. The van der Waals surface area contributed by atoms with Gasteiger partial charge in [0.1, 0.15) is 17.3 Å². The first-order valence-corrected chi connectivity index (χ1v) is 12.5. The molecule has 1 aromatic heterocycles. The third kappa shape index (κ3) is 4.56. The number of aromatic nitrogens is 2. The van der Waals surface area contributed by atoms with Gasteiger partial charge >= 0.3 is 0 Å². The second kappa shape index (κ2) is 9.43. The number of piperazine rings is 1. The number of halogens is 1. The van der Waals surface area contributed by atoms with E-state index in [4.69, 9.17) is 9.97 Å². The number of carbonyl (C=O) groups is 2. The molecule has 2 aromatic rings. The monoisotopic (exact) mass is 480 g/mol. The zero-order chi connectivity index (χ0) is 24.7. The third-order valence-electron chi connectivity index (χ3n) is 7.43. The topological polar surface area (TPSA) is 72.9 Å². The standard InChI is InChI=1S/C26H33FN6O2/c1-17(2)33-16-22-23(25(33)35)28-26(31-13-11-30(12-14-31)18(3)34)29-24(22)32-10-4-5-21(32)15-19-6-8-20(27)9-7-19/h6-9,17,21H,4-5,10-16H2,1-3H3. The van der Waals surface area contributed by atoms with E-state index >= 15 is 0 Å². The maximum Gasteiger partial charge on any atom is 0.273 e. The highest BCUT2D eigenvalue weighted by atomic mass is 19.1. The largest absolute Gasteiger partial charge is 0.353 e. The minimum Gasteiger partial charge on any atom is -0.353 e.